The molecular weight excluding hydrogens is 205 g/mol. The summed E-state index contributed by atoms with van der Waals surface area (Å²) in [6.45, 7) is 1.29. The van der Waals surface area contributed by atoms with Crippen LogP contribution < -0.4 is 0 Å². The molecule has 0 bridgehead atoms. The highest BCUT2D eigenvalue weighted by atomic mass is 19.4. The summed E-state index contributed by atoms with van der Waals surface area (Å²) in [6, 6.07) is 3.86. The zero-order valence-corrected chi connectivity index (χ0v) is 8.17. The Kier molecular flexibility index (Phi) is 3.52. The molecule has 0 saturated carbocycles. The Hall–Kier alpha value is -1.29. The SMILES string of the molecule is Cc1cc(C=CCO)ccc1C(F)(F)F. The molecule has 0 radical (unpaired) electrons. The molecular formula is C11H11F3O. The van der Waals surface area contributed by atoms with Crippen molar-refractivity contribution in [2.45, 2.75) is 13.1 Å². The number of aryl methyl sites for hydroxylation is 1. The lowest BCUT2D eigenvalue weighted by molar-refractivity contribution is -0.138. The average Bonchev–Trinajstić information content (AvgIpc) is 2.12. The molecule has 4 heteroatoms. The standard InChI is InChI=1S/C11H11F3O/c1-8-7-9(3-2-6-15)4-5-10(8)11(12,13)14/h2-5,7,15H,6H2,1H3. The third-order valence-electron chi connectivity index (χ3n) is 1.97. The minimum Gasteiger partial charge on any atom is -0.392 e. The van der Waals surface area contributed by atoms with Crippen molar-refractivity contribution in [1.82, 2.24) is 0 Å². The second-order valence-corrected chi connectivity index (χ2v) is 3.16. The molecule has 1 N–H and O–H groups in total. The molecule has 0 unspecified atom stereocenters. The number of hydrogen-bond donors (Lipinski definition) is 1. The molecule has 0 atom stereocenters. The molecule has 0 saturated heterocycles. The minimum absolute atomic E-state index is 0.125. The molecule has 0 spiro atoms. The average molecular weight is 216 g/mol. The molecule has 0 heterocycles. The zero-order valence-electron chi connectivity index (χ0n) is 8.17. The van der Waals surface area contributed by atoms with E-state index < -0.39 is 11.7 Å². The van der Waals surface area contributed by atoms with Crippen molar-refractivity contribution in [3.05, 3.63) is 41.0 Å². The van der Waals surface area contributed by atoms with Crippen LogP contribution in [0.4, 0.5) is 13.2 Å². The van der Waals surface area contributed by atoms with Crippen molar-refractivity contribution in [3.8, 4) is 0 Å². The maximum absolute atomic E-state index is 12.4. The predicted molar refractivity (Wildman–Crippen MR) is 52.3 cm³/mol. The minimum atomic E-state index is -4.30. The Balaban J connectivity index is 3.04. The Bertz CT molecular complexity index is 367. The molecule has 0 aromatic heterocycles. The van der Waals surface area contributed by atoms with E-state index in [2.05, 4.69) is 0 Å². The van der Waals surface area contributed by atoms with E-state index in [-0.39, 0.29) is 12.2 Å². The Morgan fingerprint density at radius 1 is 1.33 bits per heavy atom. The van der Waals surface area contributed by atoms with Crippen molar-refractivity contribution in [3.63, 3.8) is 0 Å². The number of hydrogen-bond acceptors (Lipinski definition) is 1. The second kappa shape index (κ2) is 4.49. The summed E-state index contributed by atoms with van der Waals surface area (Å²) in [5.41, 5.74) is 0.209. The van der Waals surface area contributed by atoms with E-state index in [0.29, 0.717) is 5.56 Å². The topological polar surface area (TPSA) is 20.2 Å². The van der Waals surface area contributed by atoms with Crippen LogP contribution in [0.5, 0.6) is 0 Å². The Morgan fingerprint density at radius 3 is 2.47 bits per heavy atom. The van der Waals surface area contributed by atoms with Gasteiger partial charge in [-0.2, -0.15) is 13.2 Å². The van der Waals surface area contributed by atoms with Crippen LogP contribution in [0.15, 0.2) is 24.3 Å². The summed E-state index contributed by atoms with van der Waals surface area (Å²) in [7, 11) is 0. The summed E-state index contributed by atoms with van der Waals surface area (Å²) < 4.78 is 37.1. The maximum atomic E-state index is 12.4. The van der Waals surface area contributed by atoms with Crippen LogP contribution in [-0.4, -0.2) is 11.7 Å². The number of halogens is 3. The predicted octanol–water partition coefficient (Wildman–Crippen LogP) is 3.02. The van der Waals surface area contributed by atoms with Crippen molar-refractivity contribution in [2.24, 2.45) is 0 Å². The van der Waals surface area contributed by atoms with E-state index in [1.807, 2.05) is 0 Å². The van der Waals surface area contributed by atoms with Gasteiger partial charge in [0.25, 0.3) is 0 Å². The van der Waals surface area contributed by atoms with Crippen molar-refractivity contribution in [1.29, 1.82) is 0 Å². The van der Waals surface area contributed by atoms with Gasteiger partial charge in [-0.1, -0.05) is 24.3 Å². The lowest BCUT2D eigenvalue weighted by Gasteiger charge is -2.10. The third kappa shape index (κ3) is 3.09. The Morgan fingerprint density at radius 2 is 2.00 bits per heavy atom. The van der Waals surface area contributed by atoms with E-state index >= 15 is 0 Å². The molecule has 1 nitrogen and oxygen atoms in total. The summed E-state index contributed by atoms with van der Waals surface area (Å²) in [4.78, 5) is 0. The monoisotopic (exact) mass is 216 g/mol. The number of rotatable bonds is 2. The van der Waals surface area contributed by atoms with Gasteiger partial charge in [-0.3, -0.25) is 0 Å². The zero-order chi connectivity index (χ0) is 11.5. The van der Waals surface area contributed by atoms with Gasteiger partial charge < -0.3 is 5.11 Å². The normalized spacial score (nSPS) is 12.3. The van der Waals surface area contributed by atoms with E-state index in [4.69, 9.17) is 5.11 Å². The molecule has 0 aliphatic heterocycles. The molecule has 15 heavy (non-hydrogen) atoms. The van der Waals surface area contributed by atoms with Gasteiger partial charge in [0, 0.05) is 0 Å². The van der Waals surface area contributed by atoms with Gasteiger partial charge in [-0.05, 0) is 24.1 Å². The lowest BCUT2D eigenvalue weighted by atomic mass is 10.0. The van der Waals surface area contributed by atoms with Crippen LogP contribution in [0, 0.1) is 6.92 Å². The van der Waals surface area contributed by atoms with Gasteiger partial charge in [0.1, 0.15) is 0 Å². The molecule has 0 aliphatic carbocycles. The first-order valence-electron chi connectivity index (χ1n) is 4.40. The van der Waals surface area contributed by atoms with Crippen LogP contribution in [-0.2, 0) is 6.18 Å². The maximum Gasteiger partial charge on any atom is 0.416 e. The molecule has 1 aromatic carbocycles. The van der Waals surface area contributed by atoms with Crippen LogP contribution in [0.3, 0.4) is 0 Å². The van der Waals surface area contributed by atoms with Crippen LogP contribution in [0.2, 0.25) is 0 Å². The van der Waals surface area contributed by atoms with Gasteiger partial charge in [0.2, 0.25) is 0 Å². The molecule has 82 valence electrons. The Labute approximate surface area is 85.9 Å². The van der Waals surface area contributed by atoms with E-state index in [9.17, 15) is 13.2 Å². The number of aliphatic hydroxyl groups excluding tert-OH is 1. The van der Waals surface area contributed by atoms with Gasteiger partial charge in [0.05, 0.1) is 12.2 Å². The first-order valence-corrected chi connectivity index (χ1v) is 4.40. The summed E-state index contributed by atoms with van der Waals surface area (Å²) in [5.74, 6) is 0. The van der Waals surface area contributed by atoms with Crippen molar-refractivity contribution in [2.75, 3.05) is 6.61 Å². The largest absolute Gasteiger partial charge is 0.416 e. The van der Waals surface area contributed by atoms with Gasteiger partial charge in [0.15, 0.2) is 0 Å². The fraction of sp³-hybridized carbons (Fsp3) is 0.273. The highest BCUT2D eigenvalue weighted by Crippen LogP contribution is 2.32. The van der Waals surface area contributed by atoms with Gasteiger partial charge >= 0.3 is 6.18 Å². The summed E-state index contributed by atoms with van der Waals surface area (Å²) >= 11 is 0. The highest BCUT2D eigenvalue weighted by molar-refractivity contribution is 5.52. The molecule has 1 aromatic rings. The van der Waals surface area contributed by atoms with Crippen molar-refractivity contribution >= 4 is 6.08 Å². The number of aliphatic hydroxyl groups is 1. The lowest BCUT2D eigenvalue weighted by Crippen LogP contribution is -2.07. The molecule has 0 aliphatic rings. The van der Waals surface area contributed by atoms with Crippen LogP contribution in [0.25, 0.3) is 6.08 Å². The quantitative estimate of drug-likeness (QED) is 0.805. The van der Waals surface area contributed by atoms with Crippen LogP contribution >= 0.6 is 0 Å². The smallest absolute Gasteiger partial charge is 0.392 e. The van der Waals surface area contributed by atoms with Crippen LogP contribution in [0.1, 0.15) is 16.7 Å². The van der Waals surface area contributed by atoms with E-state index in [1.165, 1.54) is 25.1 Å². The van der Waals surface area contributed by atoms with E-state index in [0.717, 1.165) is 6.07 Å². The first-order chi connectivity index (χ1) is 6.95. The molecule has 0 amide bonds. The van der Waals surface area contributed by atoms with Gasteiger partial charge in [-0.25, -0.2) is 0 Å². The fourth-order valence-electron chi connectivity index (χ4n) is 1.30. The van der Waals surface area contributed by atoms with Crippen molar-refractivity contribution < 1.29 is 18.3 Å². The molecule has 1 rings (SSSR count). The summed E-state index contributed by atoms with van der Waals surface area (Å²) in [6.07, 6.45) is -1.25. The summed E-state index contributed by atoms with van der Waals surface area (Å²) in [5, 5.41) is 8.51. The van der Waals surface area contributed by atoms with Gasteiger partial charge in [-0.15, -0.1) is 0 Å². The highest BCUT2D eigenvalue weighted by Gasteiger charge is 2.31. The third-order valence-corrected chi connectivity index (χ3v) is 1.97. The molecule has 0 fully saturated rings. The first kappa shape index (κ1) is 11.8. The number of benzene rings is 1. The fourth-order valence-corrected chi connectivity index (χ4v) is 1.30. The number of alkyl halides is 3. The second-order valence-electron chi connectivity index (χ2n) is 3.16. The van der Waals surface area contributed by atoms with E-state index in [1.54, 1.807) is 6.08 Å².